The molecule has 5 heteroatoms. The van der Waals surface area contributed by atoms with E-state index in [-0.39, 0.29) is 0 Å². The second-order valence-corrected chi connectivity index (χ2v) is 5.32. The van der Waals surface area contributed by atoms with Crippen LogP contribution in [-0.2, 0) is 5.60 Å². The number of ether oxygens (including phenoxy) is 1. The van der Waals surface area contributed by atoms with Crippen molar-refractivity contribution in [1.29, 1.82) is 0 Å². The lowest BCUT2D eigenvalue weighted by Crippen LogP contribution is -2.26. The van der Waals surface area contributed by atoms with E-state index in [1.54, 1.807) is 48.5 Å². The summed E-state index contributed by atoms with van der Waals surface area (Å²) in [5.41, 5.74) is 0.372. The lowest BCUT2D eigenvalue weighted by Gasteiger charge is -2.28. The Kier molecular flexibility index (Phi) is 5.06. The molecule has 2 N–H and O–H groups in total. The molecule has 116 valence electrons. The van der Waals surface area contributed by atoms with Gasteiger partial charge >= 0.3 is 6.09 Å². The van der Waals surface area contributed by atoms with Gasteiger partial charge in [-0.1, -0.05) is 42.8 Å². The summed E-state index contributed by atoms with van der Waals surface area (Å²) in [6, 6.07) is 13.9. The zero-order valence-electron chi connectivity index (χ0n) is 12.5. The first-order valence-corrected chi connectivity index (χ1v) is 7.36. The number of aliphatic hydroxyl groups is 1. The highest BCUT2D eigenvalue weighted by Crippen LogP contribution is 2.34. The van der Waals surface area contributed by atoms with Crippen molar-refractivity contribution in [3.05, 3.63) is 64.7 Å². The summed E-state index contributed by atoms with van der Waals surface area (Å²) in [5, 5.41) is 14.0. The summed E-state index contributed by atoms with van der Waals surface area (Å²) in [4.78, 5) is 11.2. The van der Waals surface area contributed by atoms with Gasteiger partial charge in [0.1, 0.15) is 11.4 Å². The number of carbonyl (C=O) groups is 1. The van der Waals surface area contributed by atoms with Crippen molar-refractivity contribution < 1.29 is 14.6 Å². The predicted octanol–water partition coefficient (Wildman–Crippen LogP) is 3.70. The molecule has 0 heterocycles. The Balaban J connectivity index is 2.30. The third kappa shape index (κ3) is 3.40. The number of hydrogen-bond donors (Lipinski definition) is 2. The summed E-state index contributed by atoms with van der Waals surface area (Å²) in [5.74, 6) is 0.414. The number of hydrogen-bond acceptors (Lipinski definition) is 3. The van der Waals surface area contributed by atoms with E-state index < -0.39 is 11.7 Å². The normalized spacial score (nSPS) is 13.3. The first kappa shape index (κ1) is 16.3. The van der Waals surface area contributed by atoms with Crippen LogP contribution in [0.1, 0.15) is 24.5 Å². The molecule has 22 heavy (non-hydrogen) atoms. The van der Waals surface area contributed by atoms with Crippen LogP contribution < -0.4 is 10.1 Å². The fourth-order valence-electron chi connectivity index (χ4n) is 2.26. The van der Waals surface area contributed by atoms with Gasteiger partial charge in [0.25, 0.3) is 0 Å². The van der Waals surface area contributed by atoms with Crippen LogP contribution in [0.3, 0.4) is 0 Å². The molecule has 2 rings (SSSR count). The molecule has 0 radical (unpaired) electrons. The Bertz CT molecular complexity index is 640. The quantitative estimate of drug-likeness (QED) is 0.903. The topological polar surface area (TPSA) is 58.6 Å². The van der Waals surface area contributed by atoms with Crippen LogP contribution in [0.25, 0.3) is 0 Å². The van der Waals surface area contributed by atoms with Gasteiger partial charge in [-0.25, -0.2) is 4.79 Å². The second kappa shape index (κ2) is 6.81. The van der Waals surface area contributed by atoms with Crippen LogP contribution >= 0.6 is 11.6 Å². The van der Waals surface area contributed by atoms with Crippen LogP contribution in [0.2, 0.25) is 5.02 Å². The SMILES string of the molecule is CCC(O)(c1ccc(Cl)cc1)c1ccc(OC(=O)NC)cc1. The molecule has 0 aliphatic rings. The Hall–Kier alpha value is -2.04. The molecule has 0 aromatic heterocycles. The third-order valence-electron chi connectivity index (χ3n) is 3.58. The maximum absolute atomic E-state index is 11.2. The van der Waals surface area contributed by atoms with Crippen molar-refractivity contribution >= 4 is 17.7 Å². The molecule has 1 unspecified atom stereocenters. The summed E-state index contributed by atoms with van der Waals surface area (Å²) in [6.45, 7) is 1.91. The minimum atomic E-state index is -1.11. The monoisotopic (exact) mass is 319 g/mol. The molecule has 0 saturated carbocycles. The van der Waals surface area contributed by atoms with Crippen LogP contribution in [0.15, 0.2) is 48.5 Å². The zero-order valence-corrected chi connectivity index (χ0v) is 13.2. The molecule has 0 aliphatic heterocycles. The van der Waals surface area contributed by atoms with Crippen molar-refractivity contribution in [1.82, 2.24) is 5.32 Å². The Morgan fingerprint density at radius 3 is 2.09 bits per heavy atom. The molecule has 1 atom stereocenters. The van der Waals surface area contributed by atoms with Gasteiger partial charge in [-0.05, 0) is 41.8 Å². The van der Waals surface area contributed by atoms with Gasteiger partial charge in [-0.2, -0.15) is 0 Å². The number of rotatable bonds is 4. The van der Waals surface area contributed by atoms with E-state index in [0.29, 0.717) is 17.2 Å². The van der Waals surface area contributed by atoms with Gasteiger partial charge in [0.2, 0.25) is 0 Å². The van der Waals surface area contributed by atoms with Crippen molar-refractivity contribution in [2.24, 2.45) is 0 Å². The number of halogens is 1. The molecular weight excluding hydrogens is 302 g/mol. The van der Waals surface area contributed by atoms with Gasteiger partial charge in [-0.15, -0.1) is 0 Å². The molecule has 0 fully saturated rings. The third-order valence-corrected chi connectivity index (χ3v) is 3.83. The molecule has 1 amide bonds. The summed E-state index contributed by atoms with van der Waals surface area (Å²) < 4.78 is 5.04. The van der Waals surface area contributed by atoms with Gasteiger partial charge in [0.15, 0.2) is 0 Å². The maximum atomic E-state index is 11.2. The van der Waals surface area contributed by atoms with Crippen LogP contribution in [-0.4, -0.2) is 18.2 Å². The molecule has 4 nitrogen and oxygen atoms in total. The number of carbonyl (C=O) groups excluding carboxylic acids is 1. The highest BCUT2D eigenvalue weighted by molar-refractivity contribution is 6.30. The summed E-state index contributed by atoms with van der Waals surface area (Å²) in [7, 11) is 1.49. The molecule has 2 aromatic carbocycles. The van der Waals surface area contributed by atoms with Crippen LogP contribution in [0.5, 0.6) is 5.75 Å². The van der Waals surface area contributed by atoms with E-state index >= 15 is 0 Å². The minimum absolute atomic E-state index is 0.414. The first-order valence-electron chi connectivity index (χ1n) is 6.98. The standard InChI is InChI=1S/C17H18ClNO3/c1-3-17(21,12-4-8-14(18)9-5-12)13-6-10-15(11-7-13)22-16(20)19-2/h4-11,21H,3H2,1-2H3,(H,19,20). The van der Waals surface area contributed by atoms with Crippen LogP contribution in [0.4, 0.5) is 4.79 Å². The fourth-order valence-corrected chi connectivity index (χ4v) is 2.38. The second-order valence-electron chi connectivity index (χ2n) is 4.88. The van der Waals surface area contributed by atoms with Crippen molar-refractivity contribution in [3.8, 4) is 5.75 Å². The minimum Gasteiger partial charge on any atom is -0.410 e. The largest absolute Gasteiger partial charge is 0.412 e. The van der Waals surface area contributed by atoms with E-state index in [1.165, 1.54) is 7.05 Å². The maximum Gasteiger partial charge on any atom is 0.412 e. The summed E-state index contributed by atoms with van der Waals surface area (Å²) in [6.07, 6.45) is -0.0270. The highest BCUT2D eigenvalue weighted by Gasteiger charge is 2.29. The lowest BCUT2D eigenvalue weighted by atomic mass is 9.84. The Labute approximate surface area is 134 Å². The fraction of sp³-hybridized carbons (Fsp3) is 0.235. The van der Waals surface area contributed by atoms with Gasteiger partial charge < -0.3 is 15.2 Å². The molecular formula is C17H18ClNO3. The molecule has 0 spiro atoms. The summed E-state index contributed by atoms with van der Waals surface area (Å²) >= 11 is 5.90. The van der Waals surface area contributed by atoms with Crippen molar-refractivity contribution in [3.63, 3.8) is 0 Å². The average molecular weight is 320 g/mol. The molecule has 0 saturated heterocycles. The van der Waals surface area contributed by atoms with Gasteiger partial charge in [-0.3, -0.25) is 0 Å². The smallest absolute Gasteiger partial charge is 0.410 e. The number of nitrogens with one attached hydrogen (secondary N) is 1. The van der Waals surface area contributed by atoms with E-state index in [0.717, 1.165) is 11.1 Å². The van der Waals surface area contributed by atoms with E-state index in [9.17, 15) is 9.90 Å². The first-order chi connectivity index (χ1) is 10.5. The molecule has 2 aromatic rings. The molecule has 0 aliphatic carbocycles. The van der Waals surface area contributed by atoms with Gasteiger partial charge in [0, 0.05) is 12.1 Å². The number of amides is 1. The Morgan fingerprint density at radius 1 is 1.14 bits per heavy atom. The van der Waals surface area contributed by atoms with Gasteiger partial charge in [0.05, 0.1) is 0 Å². The predicted molar refractivity (Wildman–Crippen MR) is 86.3 cm³/mol. The highest BCUT2D eigenvalue weighted by atomic mass is 35.5. The Morgan fingerprint density at radius 2 is 1.64 bits per heavy atom. The van der Waals surface area contributed by atoms with E-state index in [2.05, 4.69) is 5.32 Å². The molecule has 0 bridgehead atoms. The van der Waals surface area contributed by atoms with E-state index in [4.69, 9.17) is 16.3 Å². The van der Waals surface area contributed by atoms with Crippen LogP contribution in [0, 0.1) is 0 Å². The van der Waals surface area contributed by atoms with E-state index in [1.807, 2.05) is 6.92 Å². The van der Waals surface area contributed by atoms with Crippen molar-refractivity contribution in [2.45, 2.75) is 18.9 Å². The zero-order chi connectivity index (χ0) is 16.2. The van der Waals surface area contributed by atoms with Crippen molar-refractivity contribution in [2.75, 3.05) is 7.05 Å². The average Bonchev–Trinajstić information content (AvgIpc) is 2.55. The lowest BCUT2D eigenvalue weighted by molar-refractivity contribution is 0.0765. The number of benzene rings is 2.